The van der Waals surface area contributed by atoms with Crippen molar-refractivity contribution in [1.29, 1.82) is 0 Å². The van der Waals surface area contributed by atoms with E-state index in [1.54, 1.807) is 0 Å². The predicted octanol–water partition coefficient (Wildman–Crippen LogP) is 14.2. The highest BCUT2D eigenvalue weighted by molar-refractivity contribution is 6.08. The molecule has 0 saturated carbocycles. The number of hydrogen-bond donors (Lipinski definition) is 0. The van der Waals surface area contributed by atoms with Gasteiger partial charge in [-0.3, -0.25) is 0 Å². The average Bonchev–Trinajstić information content (AvgIpc) is 3.95. The molecule has 5 aromatic carbocycles. The number of fused-ring (bicyclic) bond motifs is 4. The number of anilines is 1. The van der Waals surface area contributed by atoms with E-state index in [-0.39, 0.29) is 5.92 Å². The highest BCUT2D eigenvalue weighted by Crippen LogP contribution is 2.46. The summed E-state index contributed by atoms with van der Waals surface area (Å²) in [5.74, 6) is -0.103. The van der Waals surface area contributed by atoms with E-state index in [9.17, 15) is 0 Å². The minimum atomic E-state index is -0.103. The molecule has 0 radical (unpaired) electrons. The Labute approximate surface area is 367 Å². The molecule has 9 rings (SSSR count). The summed E-state index contributed by atoms with van der Waals surface area (Å²) in [6, 6.07) is 45.4. The molecule has 0 aliphatic carbocycles. The van der Waals surface area contributed by atoms with Crippen LogP contribution in [0.15, 0.2) is 133 Å². The Bertz CT molecular complexity index is 2820. The fraction of sp³-hybridized carbons (Fsp3) is 0.263. The Hall–Kier alpha value is -6.46. The highest BCUT2D eigenvalue weighted by Gasteiger charge is 2.28. The van der Waals surface area contributed by atoms with E-state index in [1.807, 2.05) is 0 Å². The summed E-state index contributed by atoms with van der Waals surface area (Å²) >= 11 is 0. The van der Waals surface area contributed by atoms with Crippen molar-refractivity contribution in [3.63, 3.8) is 0 Å². The van der Waals surface area contributed by atoms with E-state index in [0.717, 1.165) is 26.2 Å². The summed E-state index contributed by atoms with van der Waals surface area (Å²) in [4.78, 5) is 2.19. The molecule has 0 saturated heterocycles. The molecule has 4 heterocycles. The van der Waals surface area contributed by atoms with Crippen molar-refractivity contribution in [3.8, 4) is 0 Å². The minimum Gasteiger partial charge on any atom is -0.378 e. The second kappa shape index (κ2) is 16.4. The molecule has 0 bridgehead atoms. The molecule has 0 fully saturated rings. The van der Waals surface area contributed by atoms with Gasteiger partial charge < -0.3 is 23.2 Å². The van der Waals surface area contributed by atoms with Crippen LogP contribution in [0.25, 0.3) is 54.8 Å². The summed E-state index contributed by atoms with van der Waals surface area (Å²) < 4.78 is 10.0. The lowest BCUT2D eigenvalue weighted by Gasteiger charge is -2.20. The number of allylic oxidation sites excluding steroid dienone is 2. The number of hydrogen-bond acceptors (Lipinski definition) is 1. The molecule has 314 valence electrons. The predicted molar refractivity (Wildman–Crippen MR) is 267 cm³/mol. The van der Waals surface area contributed by atoms with Crippen LogP contribution in [0.5, 0.6) is 0 Å². The third kappa shape index (κ3) is 6.44. The Morgan fingerprint density at radius 1 is 0.419 bits per heavy atom. The van der Waals surface area contributed by atoms with Crippen LogP contribution in [-0.4, -0.2) is 32.4 Å². The summed E-state index contributed by atoms with van der Waals surface area (Å²) in [5, 5.41) is 5.17. The van der Waals surface area contributed by atoms with Crippen LogP contribution in [0.3, 0.4) is 0 Å². The van der Waals surface area contributed by atoms with Crippen molar-refractivity contribution in [3.05, 3.63) is 184 Å². The number of benzene rings is 5. The second-order valence-electron chi connectivity index (χ2n) is 17.1. The van der Waals surface area contributed by atoms with E-state index < -0.39 is 0 Å². The molecule has 62 heavy (non-hydrogen) atoms. The number of aromatic nitrogens is 4. The van der Waals surface area contributed by atoms with E-state index in [4.69, 9.17) is 0 Å². The minimum absolute atomic E-state index is 0.103. The third-order valence-electron chi connectivity index (χ3n) is 13.8. The molecule has 0 aliphatic heterocycles. The fourth-order valence-electron chi connectivity index (χ4n) is 10.9. The molecule has 0 aliphatic rings. The number of nitrogens with zero attached hydrogens (tertiary/aromatic N) is 5. The zero-order valence-electron chi connectivity index (χ0n) is 38.3. The maximum atomic E-state index is 2.62. The number of rotatable bonds is 12. The molecule has 5 nitrogen and oxygen atoms in total. The molecule has 0 N–H and O–H groups in total. The van der Waals surface area contributed by atoms with Gasteiger partial charge in [-0.05, 0) is 108 Å². The summed E-state index contributed by atoms with van der Waals surface area (Å²) in [6.07, 6.45) is 5.24. The molecule has 0 unspecified atom stereocenters. The molecule has 9 aromatic rings. The number of para-hydroxylation sites is 4. The van der Waals surface area contributed by atoms with Gasteiger partial charge in [0.1, 0.15) is 0 Å². The summed E-state index contributed by atoms with van der Waals surface area (Å²) in [5.41, 5.74) is 20.5. The van der Waals surface area contributed by atoms with Crippen molar-refractivity contribution in [1.82, 2.24) is 18.3 Å². The Kier molecular flexibility index (Phi) is 10.8. The first-order chi connectivity index (χ1) is 30.1. The topological polar surface area (TPSA) is 23.0 Å². The van der Waals surface area contributed by atoms with Crippen LogP contribution < -0.4 is 4.90 Å². The van der Waals surface area contributed by atoms with E-state index in [1.165, 1.54) is 111 Å². The zero-order chi connectivity index (χ0) is 43.4. The largest absolute Gasteiger partial charge is 0.378 e. The monoisotopic (exact) mass is 815 g/mol. The summed E-state index contributed by atoms with van der Waals surface area (Å²) in [7, 11) is 4.25. The maximum Gasteiger partial charge on any atom is 0.0488 e. The summed E-state index contributed by atoms with van der Waals surface area (Å²) in [6.45, 7) is 22.0. The zero-order valence-corrected chi connectivity index (χ0v) is 38.3. The SMILES string of the molecule is CCn1c(C)c(C(=CC(C=C(c2c(C)n(CC)c3ccccc23)c2c(C)n(CC)c3ccccc23)c2ccc(N(C)C)cc2)c2c(C)n(CC)c3ccccc23)c2ccccc21. The first kappa shape index (κ1) is 40.9. The van der Waals surface area contributed by atoms with Crippen molar-refractivity contribution in [2.75, 3.05) is 19.0 Å². The van der Waals surface area contributed by atoms with Crippen LogP contribution in [0.2, 0.25) is 0 Å². The first-order valence-corrected chi connectivity index (χ1v) is 22.7. The Morgan fingerprint density at radius 2 is 0.694 bits per heavy atom. The van der Waals surface area contributed by atoms with Crippen LogP contribution in [0, 0.1) is 27.7 Å². The molecular weight excluding hydrogens is 755 g/mol. The van der Waals surface area contributed by atoms with Crippen molar-refractivity contribution >= 4 is 60.4 Å². The maximum absolute atomic E-state index is 2.62. The molecule has 5 heteroatoms. The molecule has 0 atom stereocenters. The van der Waals surface area contributed by atoms with Gasteiger partial charge in [-0.25, -0.2) is 0 Å². The smallest absolute Gasteiger partial charge is 0.0488 e. The lowest BCUT2D eigenvalue weighted by atomic mass is 9.84. The highest BCUT2D eigenvalue weighted by atomic mass is 15.1. The third-order valence-corrected chi connectivity index (χ3v) is 13.8. The van der Waals surface area contributed by atoms with Crippen LogP contribution in [-0.2, 0) is 26.2 Å². The Morgan fingerprint density at radius 3 is 0.952 bits per heavy atom. The molecule has 0 amide bonds. The average molecular weight is 816 g/mol. The van der Waals surface area contributed by atoms with E-state index in [0.29, 0.717) is 0 Å². The van der Waals surface area contributed by atoms with Gasteiger partial charge in [0, 0.05) is 141 Å². The van der Waals surface area contributed by atoms with Crippen LogP contribution in [0.1, 0.15) is 84.2 Å². The van der Waals surface area contributed by atoms with Crippen LogP contribution in [0.4, 0.5) is 5.69 Å². The lowest BCUT2D eigenvalue weighted by molar-refractivity contribution is 0.766. The van der Waals surface area contributed by atoms with Crippen molar-refractivity contribution in [2.45, 2.75) is 87.5 Å². The van der Waals surface area contributed by atoms with Crippen molar-refractivity contribution < 1.29 is 0 Å². The van der Waals surface area contributed by atoms with E-state index in [2.05, 4.69) is 226 Å². The fourth-order valence-corrected chi connectivity index (χ4v) is 10.9. The molecule has 0 spiro atoms. The van der Waals surface area contributed by atoms with E-state index >= 15 is 0 Å². The number of aryl methyl sites for hydroxylation is 4. The molecule has 4 aromatic heterocycles. The standard InChI is InChI=1S/C57H61N5/c1-11-59-37(5)54(44-23-15-19-27-50(44)59)48(55-38(6)60(12-2)51-28-20-16-24-45(51)55)35-42(41-31-33-43(34-32-41)58(9)10)36-49(56-39(7)61(13-3)52-29-21-17-25-46(52)56)57-40(8)62(14-4)53-30-22-18-26-47(53)57/h15-36,42H,11-14H2,1-10H3. The second-order valence-corrected chi connectivity index (χ2v) is 17.1. The van der Waals surface area contributed by atoms with Crippen molar-refractivity contribution in [2.24, 2.45) is 0 Å². The molecular formula is C57H61N5. The van der Waals surface area contributed by atoms with Gasteiger partial charge in [0.2, 0.25) is 0 Å². The van der Waals surface area contributed by atoms with Gasteiger partial charge >= 0.3 is 0 Å². The van der Waals surface area contributed by atoms with Gasteiger partial charge in [0.25, 0.3) is 0 Å². The van der Waals surface area contributed by atoms with Gasteiger partial charge in [-0.1, -0.05) is 97.1 Å². The Balaban J connectivity index is 1.47. The lowest BCUT2D eigenvalue weighted by Crippen LogP contribution is -2.08. The van der Waals surface area contributed by atoms with Crippen LogP contribution >= 0.6 is 0 Å². The quantitative estimate of drug-likeness (QED) is 0.120. The van der Waals surface area contributed by atoms with Gasteiger partial charge in [-0.2, -0.15) is 0 Å². The van der Waals surface area contributed by atoms with Gasteiger partial charge in [0.15, 0.2) is 0 Å². The normalized spacial score (nSPS) is 11.8. The first-order valence-electron chi connectivity index (χ1n) is 22.7. The van der Waals surface area contributed by atoms with Gasteiger partial charge in [-0.15, -0.1) is 0 Å². The van der Waals surface area contributed by atoms with Gasteiger partial charge in [0.05, 0.1) is 0 Å².